The Bertz CT molecular complexity index is 203. The van der Waals surface area contributed by atoms with Gasteiger partial charge >= 0.3 is 0 Å². The Morgan fingerprint density at radius 2 is 1.83 bits per heavy atom. The molecule has 0 saturated carbocycles. The van der Waals surface area contributed by atoms with Crippen molar-refractivity contribution in [2.75, 3.05) is 0 Å². The number of Topliss-reactive ketones (excluding diaryl/α,β-unsaturated/α-hetero) is 1. The highest BCUT2D eigenvalue weighted by Gasteiger charge is 2.31. The smallest absolute Gasteiger partial charge is 0.140 e. The van der Waals surface area contributed by atoms with Crippen molar-refractivity contribution in [1.82, 2.24) is 0 Å². The van der Waals surface area contributed by atoms with E-state index >= 15 is 0 Å². The van der Waals surface area contributed by atoms with E-state index in [1.807, 2.05) is 20.8 Å². The van der Waals surface area contributed by atoms with Gasteiger partial charge in [0.05, 0.1) is 5.92 Å². The maximum Gasteiger partial charge on any atom is 0.140 e. The summed E-state index contributed by atoms with van der Waals surface area (Å²) in [4.78, 5) is 11.2. The van der Waals surface area contributed by atoms with Crippen molar-refractivity contribution in [2.24, 2.45) is 28.0 Å². The highest BCUT2D eigenvalue weighted by Crippen LogP contribution is 2.26. The number of hydrogen-bond acceptors (Lipinski definition) is 3. The summed E-state index contributed by atoms with van der Waals surface area (Å²) in [6.07, 6.45) is 0. The number of ketones is 1. The van der Waals surface area contributed by atoms with Crippen LogP contribution in [0.5, 0.6) is 0 Å². The van der Waals surface area contributed by atoms with Gasteiger partial charge in [-0.15, -0.1) is 0 Å². The Morgan fingerprint density at radius 1 is 1.42 bits per heavy atom. The van der Waals surface area contributed by atoms with E-state index in [9.17, 15) is 4.79 Å². The van der Waals surface area contributed by atoms with Gasteiger partial charge in [0.25, 0.3) is 0 Å². The predicted molar refractivity (Wildman–Crippen MR) is 49.4 cm³/mol. The number of amidine groups is 1. The highest BCUT2D eigenvalue weighted by molar-refractivity contribution is 6.02. The minimum absolute atomic E-state index is 0.00537. The van der Waals surface area contributed by atoms with E-state index < -0.39 is 0 Å². The average Bonchev–Trinajstić information content (AvgIpc) is 1.83. The van der Waals surface area contributed by atoms with Gasteiger partial charge in [0.2, 0.25) is 0 Å². The summed E-state index contributed by atoms with van der Waals surface area (Å²) in [5, 5.41) is 3.35. The van der Waals surface area contributed by atoms with Crippen molar-refractivity contribution in [3.8, 4) is 0 Å². The van der Waals surface area contributed by atoms with Crippen LogP contribution in [0.1, 0.15) is 27.7 Å². The first-order valence-corrected chi connectivity index (χ1v) is 3.84. The van der Waals surface area contributed by atoms with Crippen LogP contribution in [0.4, 0.5) is 0 Å². The summed E-state index contributed by atoms with van der Waals surface area (Å²) < 4.78 is 0. The largest absolute Gasteiger partial charge is 0.385 e. The summed E-state index contributed by atoms with van der Waals surface area (Å²) in [6.45, 7) is 7.28. The second-order valence-corrected chi connectivity index (χ2v) is 3.96. The fourth-order valence-electron chi connectivity index (χ4n) is 1.34. The molecular formula is C8H17N3O. The van der Waals surface area contributed by atoms with Crippen molar-refractivity contribution in [3.05, 3.63) is 0 Å². The zero-order valence-corrected chi connectivity index (χ0v) is 8.09. The van der Waals surface area contributed by atoms with Crippen molar-refractivity contribution in [2.45, 2.75) is 27.7 Å². The second kappa shape index (κ2) is 3.56. The molecule has 0 radical (unpaired) electrons. The molecule has 0 aromatic rings. The molecule has 4 nitrogen and oxygen atoms in total. The SMILES string of the molecule is CC(=O)C(C(N)=NN)C(C)(C)C. The third kappa shape index (κ3) is 2.53. The van der Waals surface area contributed by atoms with Gasteiger partial charge in [0, 0.05) is 0 Å². The second-order valence-electron chi connectivity index (χ2n) is 3.96. The average molecular weight is 171 g/mol. The molecule has 1 unspecified atom stereocenters. The fourth-order valence-corrected chi connectivity index (χ4v) is 1.34. The van der Waals surface area contributed by atoms with Crippen LogP contribution in [0, 0.1) is 11.3 Å². The molecule has 0 fully saturated rings. The number of hydrogen-bond donors (Lipinski definition) is 2. The third-order valence-electron chi connectivity index (χ3n) is 1.72. The Labute approximate surface area is 73.0 Å². The lowest BCUT2D eigenvalue weighted by Crippen LogP contribution is -2.39. The standard InChI is InChI=1S/C8H17N3O/c1-5(12)6(7(9)11-10)8(2,3)4/h6H,10H2,1-4H3,(H2,9,11). The van der Waals surface area contributed by atoms with E-state index in [2.05, 4.69) is 5.10 Å². The summed E-state index contributed by atoms with van der Waals surface area (Å²) in [6, 6.07) is 0. The molecule has 1 atom stereocenters. The van der Waals surface area contributed by atoms with Gasteiger partial charge in [0.1, 0.15) is 11.6 Å². The van der Waals surface area contributed by atoms with Crippen LogP contribution in [0.3, 0.4) is 0 Å². The molecule has 0 aliphatic carbocycles. The van der Waals surface area contributed by atoms with Crippen LogP contribution in [-0.2, 0) is 4.79 Å². The van der Waals surface area contributed by atoms with E-state index in [0.29, 0.717) is 0 Å². The number of rotatable bonds is 2. The monoisotopic (exact) mass is 171 g/mol. The molecule has 12 heavy (non-hydrogen) atoms. The lowest BCUT2D eigenvalue weighted by Gasteiger charge is -2.27. The van der Waals surface area contributed by atoms with Crippen molar-refractivity contribution in [1.29, 1.82) is 0 Å². The van der Waals surface area contributed by atoms with Crippen molar-refractivity contribution >= 4 is 11.6 Å². The van der Waals surface area contributed by atoms with Crippen LogP contribution < -0.4 is 11.6 Å². The Balaban J connectivity index is 4.81. The van der Waals surface area contributed by atoms with E-state index in [1.165, 1.54) is 6.92 Å². The van der Waals surface area contributed by atoms with E-state index in [-0.39, 0.29) is 23.0 Å². The predicted octanol–water partition coefficient (Wildman–Crippen LogP) is 0.469. The molecule has 0 rings (SSSR count). The van der Waals surface area contributed by atoms with Gasteiger partial charge in [-0.05, 0) is 12.3 Å². The summed E-state index contributed by atoms with van der Waals surface area (Å²) in [7, 11) is 0. The fraction of sp³-hybridized carbons (Fsp3) is 0.750. The van der Waals surface area contributed by atoms with Crippen LogP contribution in [0.15, 0.2) is 5.10 Å². The number of nitrogens with two attached hydrogens (primary N) is 2. The van der Waals surface area contributed by atoms with Crippen molar-refractivity contribution in [3.63, 3.8) is 0 Å². The molecule has 70 valence electrons. The first kappa shape index (κ1) is 10.9. The summed E-state index contributed by atoms with van der Waals surface area (Å²) in [5.74, 6) is 4.83. The molecule has 4 heteroatoms. The van der Waals surface area contributed by atoms with Crippen LogP contribution in [-0.4, -0.2) is 11.6 Å². The molecule has 0 aromatic heterocycles. The summed E-state index contributed by atoms with van der Waals surface area (Å²) in [5.41, 5.74) is 5.29. The van der Waals surface area contributed by atoms with Gasteiger partial charge in [-0.1, -0.05) is 20.8 Å². The minimum Gasteiger partial charge on any atom is -0.385 e. The molecule has 0 aliphatic rings. The van der Waals surface area contributed by atoms with Gasteiger partial charge in [-0.25, -0.2) is 0 Å². The first-order chi connectivity index (χ1) is 5.30. The molecule has 4 N–H and O–H groups in total. The van der Waals surface area contributed by atoms with E-state index in [1.54, 1.807) is 0 Å². The number of nitrogens with zero attached hydrogens (tertiary/aromatic N) is 1. The number of hydrazone groups is 1. The quantitative estimate of drug-likeness (QED) is 0.274. The normalized spacial score (nSPS) is 15.8. The zero-order valence-electron chi connectivity index (χ0n) is 8.09. The summed E-state index contributed by atoms with van der Waals surface area (Å²) >= 11 is 0. The van der Waals surface area contributed by atoms with Gasteiger partial charge in [0.15, 0.2) is 0 Å². The topological polar surface area (TPSA) is 81.5 Å². The Morgan fingerprint density at radius 3 is 1.92 bits per heavy atom. The molecule has 0 amide bonds. The lowest BCUT2D eigenvalue weighted by molar-refractivity contribution is -0.121. The maximum atomic E-state index is 11.2. The Kier molecular flexibility index (Phi) is 3.24. The van der Waals surface area contributed by atoms with E-state index in [0.717, 1.165) is 0 Å². The lowest BCUT2D eigenvalue weighted by atomic mass is 9.78. The molecule has 0 heterocycles. The zero-order chi connectivity index (χ0) is 9.94. The highest BCUT2D eigenvalue weighted by atomic mass is 16.1. The first-order valence-electron chi connectivity index (χ1n) is 3.84. The third-order valence-corrected chi connectivity index (χ3v) is 1.72. The van der Waals surface area contributed by atoms with Crippen molar-refractivity contribution < 1.29 is 4.79 Å². The molecular weight excluding hydrogens is 154 g/mol. The molecule has 0 spiro atoms. The van der Waals surface area contributed by atoms with Crippen LogP contribution in [0.2, 0.25) is 0 Å². The van der Waals surface area contributed by atoms with Gasteiger partial charge in [-0.3, -0.25) is 4.79 Å². The maximum absolute atomic E-state index is 11.2. The van der Waals surface area contributed by atoms with E-state index in [4.69, 9.17) is 11.6 Å². The Hall–Kier alpha value is -1.06. The number of carbonyl (C=O) groups is 1. The molecule has 0 bridgehead atoms. The molecule has 0 aromatic carbocycles. The van der Waals surface area contributed by atoms with Crippen LogP contribution >= 0.6 is 0 Å². The molecule has 0 aliphatic heterocycles. The van der Waals surface area contributed by atoms with Gasteiger partial charge < -0.3 is 11.6 Å². The van der Waals surface area contributed by atoms with Gasteiger partial charge in [-0.2, -0.15) is 5.10 Å². The minimum atomic E-state index is -0.387. The number of carbonyl (C=O) groups excluding carboxylic acids is 1. The van der Waals surface area contributed by atoms with Crippen LogP contribution in [0.25, 0.3) is 0 Å². The molecule has 0 saturated heterocycles.